The molecule has 2 heterocycles. The van der Waals surface area contributed by atoms with Crippen molar-refractivity contribution < 1.29 is 0 Å². The molecule has 4 nitrogen and oxygen atoms in total. The molecule has 0 aliphatic carbocycles. The number of nitrogens with one attached hydrogen (secondary N) is 1. The van der Waals surface area contributed by atoms with Gasteiger partial charge in [-0.1, -0.05) is 0 Å². The van der Waals surface area contributed by atoms with E-state index in [-0.39, 0.29) is 6.04 Å². The van der Waals surface area contributed by atoms with E-state index in [0.29, 0.717) is 0 Å². The topological polar surface area (TPSA) is 42.7 Å². The van der Waals surface area contributed by atoms with Crippen molar-refractivity contribution in [3.05, 3.63) is 47.3 Å². The van der Waals surface area contributed by atoms with Crippen LogP contribution in [-0.2, 0) is 7.05 Å². The molecule has 1 N–H and O–H groups in total. The summed E-state index contributed by atoms with van der Waals surface area (Å²) in [5.41, 5.74) is 3.37. The van der Waals surface area contributed by atoms with Crippen molar-refractivity contribution in [1.29, 1.82) is 0 Å². The summed E-state index contributed by atoms with van der Waals surface area (Å²) >= 11 is 0. The van der Waals surface area contributed by atoms with Crippen LogP contribution in [0, 0.1) is 13.8 Å². The molecule has 0 spiro atoms. The van der Waals surface area contributed by atoms with Crippen LogP contribution in [-0.4, -0.2) is 21.6 Å². The van der Waals surface area contributed by atoms with Gasteiger partial charge in [0.05, 0.1) is 23.6 Å². The fourth-order valence-corrected chi connectivity index (χ4v) is 1.95. The van der Waals surface area contributed by atoms with Crippen molar-refractivity contribution in [2.24, 2.45) is 7.05 Å². The highest BCUT2D eigenvalue weighted by Crippen LogP contribution is 2.20. The van der Waals surface area contributed by atoms with Crippen molar-refractivity contribution in [3.63, 3.8) is 0 Å². The minimum absolute atomic E-state index is 0.0844. The zero-order chi connectivity index (χ0) is 12.4. The molecular formula is C13H18N4. The smallest absolute Gasteiger partial charge is 0.105 e. The van der Waals surface area contributed by atoms with Crippen molar-refractivity contribution >= 4 is 0 Å². The number of imidazole rings is 1. The molecule has 0 amide bonds. The fourth-order valence-electron chi connectivity index (χ4n) is 1.95. The number of hydrogen-bond acceptors (Lipinski definition) is 3. The second-order valence-electron chi connectivity index (χ2n) is 4.27. The predicted molar refractivity (Wildman–Crippen MR) is 67.8 cm³/mol. The van der Waals surface area contributed by atoms with Gasteiger partial charge < -0.3 is 9.88 Å². The van der Waals surface area contributed by atoms with E-state index < -0.39 is 0 Å². The Balaban J connectivity index is 2.44. The highest BCUT2D eigenvalue weighted by molar-refractivity contribution is 5.25. The third-order valence-corrected chi connectivity index (χ3v) is 3.07. The van der Waals surface area contributed by atoms with E-state index in [4.69, 9.17) is 0 Å². The first-order chi connectivity index (χ1) is 8.13. The maximum Gasteiger partial charge on any atom is 0.105 e. The second-order valence-corrected chi connectivity index (χ2v) is 4.27. The summed E-state index contributed by atoms with van der Waals surface area (Å²) in [6.45, 7) is 4.08. The van der Waals surface area contributed by atoms with Gasteiger partial charge in [0, 0.05) is 13.2 Å². The number of aromatic nitrogens is 3. The molecular weight excluding hydrogens is 212 g/mol. The summed E-state index contributed by atoms with van der Waals surface area (Å²) < 4.78 is 2.09. The van der Waals surface area contributed by atoms with Crippen LogP contribution >= 0.6 is 0 Å². The average Bonchev–Trinajstić information content (AvgIpc) is 2.63. The summed E-state index contributed by atoms with van der Waals surface area (Å²) in [5, 5.41) is 3.29. The number of nitrogens with zero attached hydrogens (tertiary/aromatic N) is 3. The second kappa shape index (κ2) is 4.67. The molecule has 0 fully saturated rings. The first-order valence-corrected chi connectivity index (χ1v) is 5.71. The van der Waals surface area contributed by atoms with Crippen LogP contribution < -0.4 is 5.32 Å². The zero-order valence-corrected chi connectivity index (χ0v) is 10.7. The van der Waals surface area contributed by atoms with Gasteiger partial charge in [-0.05, 0) is 38.6 Å². The molecule has 90 valence electrons. The van der Waals surface area contributed by atoms with Crippen molar-refractivity contribution in [2.75, 3.05) is 7.05 Å². The summed E-state index contributed by atoms with van der Waals surface area (Å²) in [6, 6.07) is 4.19. The van der Waals surface area contributed by atoms with Gasteiger partial charge in [-0.15, -0.1) is 0 Å². The van der Waals surface area contributed by atoms with Gasteiger partial charge in [-0.25, -0.2) is 4.98 Å². The minimum Gasteiger partial charge on any atom is -0.334 e. The van der Waals surface area contributed by atoms with Gasteiger partial charge >= 0.3 is 0 Å². The lowest BCUT2D eigenvalue weighted by atomic mass is 10.1. The lowest BCUT2D eigenvalue weighted by molar-refractivity contribution is 0.617. The van der Waals surface area contributed by atoms with Crippen LogP contribution in [0.4, 0.5) is 0 Å². The van der Waals surface area contributed by atoms with E-state index in [9.17, 15) is 0 Å². The summed E-state index contributed by atoms with van der Waals surface area (Å²) in [6.07, 6.45) is 3.75. The average molecular weight is 230 g/mol. The predicted octanol–water partition coefficient (Wildman–Crippen LogP) is 1.74. The standard InChI is InChI=1S/C13H18N4/c1-9-5-6-15-11(7-9)13(14-3)12-8-16-10(2)17(12)4/h5-8,13-14H,1-4H3. The quantitative estimate of drug-likeness (QED) is 0.873. The maximum absolute atomic E-state index is 4.43. The zero-order valence-electron chi connectivity index (χ0n) is 10.7. The molecule has 0 aliphatic heterocycles. The molecule has 4 heteroatoms. The van der Waals surface area contributed by atoms with Gasteiger partial charge in [0.15, 0.2) is 0 Å². The van der Waals surface area contributed by atoms with E-state index >= 15 is 0 Å². The molecule has 0 aromatic carbocycles. The number of aryl methyl sites for hydroxylation is 2. The van der Waals surface area contributed by atoms with E-state index in [2.05, 4.69) is 32.8 Å². The van der Waals surface area contributed by atoms with E-state index in [0.717, 1.165) is 17.2 Å². The number of rotatable bonds is 3. The lowest BCUT2D eigenvalue weighted by Crippen LogP contribution is -2.21. The largest absolute Gasteiger partial charge is 0.334 e. The SMILES string of the molecule is CNC(c1cc(C)ccn1)c1cnc(C)n1C. The number of pyridine rings is 1. The highest BCUT2D eigenvalue weighted by atomic mass is 15.1. The number of hydrogen-bond donors (Lipinski definition) is 1. The monoisotopic (exact) mass is 230 g/mol. The van der Waals surface area contributed by atoms with Gasteiger partial charge in [0.2, 0.25) is 0 Å². The normalized spacial score (nSPS) is 12.7. The minimum atomic E-state index is 0.0844. The first kappa shape index (κ1) is 11.8. The van der Waals surface area contributed by atoms with Gasteiger partial charge in [0.25, 0.3) is 0 Å². The van der Waals surface area contributed by atoms with Gasteiger partial charge in [0.1, 0.15) is 5.82 Å². The van der Waals surface area contributed by atoms with Crippen molar-refractivity contribution in [1.82, 2.24) is 19.9 Å². The van der Waals surface area contributed by atoms with Gasteiger partial charge in [-0.3, -0.25) is 4.98 Å². The Labute approximate surface area is 102 Å². The third kappa shape index (κ3) is 2.22. The lowest BCUT2D eigenvalue weighted by Gasteiger charge is -2.17. The maximum atomic E-state index is 4.43. The molecule has 1 atom stereocenters. The van der Waals surface area contributed by atoms with Crippen LogP contribution in [0.3, 0.4) is 0 Å². The Morgan fingerprint density at radius 3 is 2.59 bits per heavy atom. The van der Waals surface area contributed by atoms with Gasteiger partial charge in [-0.2, -0.15) is 0 Å². The Morgan fingerprint density at radius 1 is 1.29 bits per heavy atom. The van der Waals surface area contributed by atoms with Crippen molar-refractivity contribution in [3.8, 4) is 0 Å². The molecule has 0 saturated heterocycles. The molecule has 2 rings (SSSR count). The van der Waals surface area contributed by atoms with Crippen LogP contribution in [0.1, 0.15) is 28.8 Å². The first-order valence-electron chi connectivity index (χ1n) is 5.71. The third-order valence-electron chi connectivity index (χ3n) is 3.07. The van der Waals surface area contributed by atoms with E-state index in [1.807, 2.05) is 39.5 Å². The molecule has 1 unspecified atom stereocenters. The molecule has 0 bridgehead atoms. The fraction of sp³-hybridized carbons (Fsp3) is 0.385. The van der Waals surface area contributed by atoms with Crippen LogP contribution in [0.15, 0.2) is 24.5 Å². The molecule has 2 aromatic heterocycles. The summed E-state index contributed by atoms with van der Waals surface area (Å²) in [4.78, 5) is 8.76. The summed E-state index contributed by atoms with van der Waals surface area (Å²) in [5.74, 6) is 1.01. The Morgan fingerprint density at radius 2 is 2.06 bits per heavy atom. The van der Waals surface area contributed by atoms with E-state index in [1.54, 1.807) is 0 Å². The van der Waals surface area contributed by atoms with Crippen LogP contribution in [0.25, 0.3) is 0 Å². The molecule has 0 radical (unpaired) electrons. The Hall–Kier alpha value is -1.68. The Kier molecular flexibility index (Phi) is 3.24. The van der Waals surface area contributed by atoms with Crippen LogP contribution in [0.2, 0.25) is 0 Å². The molecule has 0 saturated carbocycles. The molecule has 17 heavy (non-hydrogen) atoms. The van der Waals surface area contributed by atoms with Crippen molar-refractivity contribution in [2.45, 2.75) is 19.9 Å². The molecule has 2 aromatic rings. The highest BCUT2D eigenvalue weighted by Gasteiger charge is 2.17. The van der Waals surface area contributed by atoms with Crippen LogP contribution in [0.5, 0.6) is 0 Å². The Bertz CT molecular complexity index is 516. The molecule has 0 aliphatic rings. The van der Waals surface area contributed by atoms with E-state index in [1.165, 1.54) is 5.56 Å². The summed E-state index contributed by atoms with van der Waals surface area (Å²) in [7, 11) is 3.97.